The largest absolute Gasteiger partial charge is 0.497 e. The van der Waals surface area contributed by atoms with E-state index in [-0.39, 0.29) is 5.91 Å². The fourth-order valence-electron chi connectivity index (χ4n) is 3.61. The molecule has 8 heteroatoms. The second-order valence-electron chi connectivity index (χ2n) is 6.66. The van der Waals surface area contributed by atoms with E-state index in [1.54, 1.807) is 56.5 Å². The summed E-state index contributed by atoms with van der Waals surface area (Å²) in [6.45, 7) is 1.69. The normalized spacial score (nSPS) is 25.4. The van der Waals surface area contributed by atoms with Crippen LogP contribution in [0.2, 0.25) is 5.02 Å². The van der Waals surface area contributed by atoms with Crippen molar-refractivity contribution in [2.75, 3.05) is 12.4 Å². The van der Waals surface area contributed by atoms with Gasteiger partial charge in [-0.05, 0) is 49.4 Å². The van der Waals surface area contributed by atoms with E-state index in [0.717, 1.165) is 0 Å². The predicted molar refractivity (Wildman–Crippen MR) is 100 cm³/mol. The lowest BCUT2D eigenvalue weighted by Gasteiger charge is -2.49. The molecule has 2 bridgehead atoms. The van der Waals surface area contributed by atoms with Crippen LogP contribution in [0.1, 0.15) is 18.5 Å². The van der Waals surface area contributed by atoms with Crippen molar-refractivity contribution >= 4 is 29.2 Å². The smallest absolute Gasteiger partial charge is 0.318 e. The standard InChI is InChI=1S/C19H18ClN3O4/c1-19-15(17(24)21-11-4-6-12(26-2)7-5-11)16(22-18(25)23-19)13-9-10(20)3-8-14(13)27-19/h3-9,15-16H,1-2H3,(H,21,24)(H2,22,23,25)/t15-,16-,19+/m1/s1. The van der Waals surface area contributed by atoms with Crippen LogP contribution >= 0.6 is 11.6 Å². The lowest BCUT2D eigenvalue weighted by Crippen LogP contribution is -2.70. The average Bonchev–Trinajstić information content (AvgIpc) is 2.62. The number of fused-ring (bicyclic) bond motifs is 4. The summed E-state index contributed by atoms with van der Waals surface area (Å²) in [5, 5.41) is 8.93. The second-order valence-corrected chi connectivity index (χ2v) is 7.10. The van der Waals surface area contributed by atoms with Crippen molar-refractivity contribution in [2.24, 2.45) is 5.92 Å². The molecule has 0 radical (unpaired) electrons. The van der Waals surface area contributed by atoms with Gasteiger partial charge in [0, 0.05) is 16.3 Å². The van der Waals surface area contributed by atoms with Gasteiger partial charge in [0.2, 0.25) is 5.91 Å². The number of carbonyl (C=O) groups excluding carboxylic acids is 2. The zero-order chi connectivity index (χ0) is 19.2. The lowest BCUT2D eigenvalue weighted by molar-refractivity contribution is -0.133. The maximum absolute atomic E-state index is 13.1. The summed E-state index contributed by atoms with van der Waals surface area (Å²) in [5.74, 6) is 0.275. The molecule has 2 aliphatic rings. The number of urea groups is 1. The quantitative estimate of drug-likeness (QED) is 0.755. The maximum atomic E-state index is 13.1. The van der Waals surface area contributed by atoms with E-state index in [2.05, 4.69) is 16.0 Å². The van der Waals surface area contributed by atoms with Crippen LogP contribution in [0.4, 0.5) is 10.5 Å². The van der Waals surface area contributed by atoms with E-state index >= 15 is 0 Å². The van der Waals surface area contributed by atoms with Gasteiger partial charge in [-0.15, -0.1) is 0 Å². The van der Waals surface area contributed by atoms with Crippen LogP contribution < -0.4 is 25.4 Å². The van der Waals surface area contributed by atoms with Gasteiger partial charge in [0.05, 0.1) is 13.2 Å². The topological polar surface area (TPSA) is 88.7 Å². The first-order valence-electron chi connectivity index (χ1n) is 8.42. The van der Waals surface area contributed by atoms with Crippen LogP contribution in [0.15, 0.2) is 42.5 Å². The Labute approximate surface area is 161 Å². The van der Waals surface area contributed by atoms with Crippen LogP contribution in [0.3, 0.4) is 0 Å². The van der Waals surface area contributed by atoms with Crippen molar-refractivity contribution in [3.8, 4) is 11.5 Å². The Morgan fingerprint density at radius 2 is 2.00 bits per heavy atom. The average molecular weight is 388 g/mol. The molecule has 2 aliphatic heterocycles. The molecule has 1 saturated heterocycles. The number of amides is 3. The molecule has 3 N–H and O–H groups in total. The molecule has 2 aromatic carbocycles. The van der Waals surface area contributed by atoms with Crippen molar-refractivity contribution in [2.45, 2.75) is 18.7 Å². The van der Waals surface area contributed by atoms with E-state index in [1.165, 1.54) is 0 Å². The molecule has 2 heterocycles. The van der Waals surface area contributed by atoms with Crippen molar-refractivity contribution in [3.63, 3.8) is 0 Å². The third kappa shape index (κ3) is 3.04. The van der Waals surface area contributed by atoms with E-state index in [1.807, 2.05) is 0 Å². The van der Waals surface area contributed by atoms with Crippen molar-refractivity contribution in [1.29, 1.82) is 0 Å². The summed E-state index contributed by atoms with van der Waals surface area (Å²) in [7, 11) is 1.58. The zero-order valence-corrected chi connectivity index (χ0v) is 15.5. The van der Waals surface area contributed by atoms with Gasteiger partial charge < -0.3 is 20.1 Å². The van der Waals surface area contributed by atoms with E-state index < -0.39 is 23.7 Å². The van der Waals surface area contributed by atoms with Crippen LogP contribution in [-0.4, -0.2) is 24.8 Å². The fourth-order valence-corrected chi connectivity index (χ4v) is 3.79. The molecule has 4 rings (SSSR count). The molecule has 0 spiro atoms. The van der Waals surface area contributed by atoms with E-state index in [4.69, 9.17) is 21.1 Å². The van der Waals surface area contributed by atoms with Gasteiger partial charge in [0.1, 0.15) is 17.4 Å². The molecule has 0 unspecified atom stereocenters. The number of halogens is 1. The number of methoxy groups -OCH3 is 1. The first kappa shape index (κ1) is 17.5. The zero-order valence-electron chi connectivity index (χ0n) is 14.7. The van der Waals surface area contributed by atoms with Gasteiger partial charge in [-0.2, -0.15) is 0 Å². The summed E-state index contributed by atoms with van der Waals surface area (Å²) in [6.07, 6.45) is 0. The number of ether oxygens (including phenoxy) is 2. The Balaban J connectivity index is 1.68. The summed E-state index contributed by atoms with van der Waals surface area (Å²) in [6, 6.07) is 11.2. The molecule has 0 aromatic heterocycles. The number of benzene rings is 2. The van der Waals surface area contributed by atoms with E-state index in [9.17, 15) is 9.59 Å². The predicted octanol–water partition coefficient (Wildman–Crippen LogP) is 3.07. The molecular formula is C19H18ClN3O4. The fraction of sp³-hybridized carbons (Fsp3) is 0.263. The highest BCUT2D eigenvalue weighted by atomic mass is 35.5. The summed E-state index contributed by atoms with van der Waals surface area (Å²) < 4.78 is 11.1. The summed E-state index contributed by atoms with van der Waals surface area (Å²) >= 11 is 6.11. The number of hydrogen-bond donors (Lipinski definition) is 3. The Morgan fingerprint density at radius 1 is 1.26 bits per heavy atom. The molecule has 2 aromatic rings. The van der Waals surface area contributed by atoms with Crippen molar-refractivity contribution in [3.05, 3.63) is 53.1 Å². The van der Waals surface area contributed by atoms with Crippen molar-refractivity contribution in [1.82, 2.24) is 10.6 Å². The highest BCUT2D eigenvalue weighted by molar-refractivity contribution is 6.30. The molecule has 1 fully saturated rings. The third-order valence-electron chi connectivity index (χ3n) is 4.84. The molecule has 0 saturated carbocycles. The van der Waals surface area contributed by atoms with Gasteiger partial charge in [-0.3, -0.25) is 10.1 Å². The van der Waals surface area contributed by atoms with Crippen LogP contribution in [0.25, 0.3) is 0 Å². The number of rotatable bonds is 3. The first-order valence-corrected chi connectivity index (χ1v) is 8.79. The van der Waals surface area contributed by atoms with Gasteiger partial charge >= 0.3 is 6.03 Å². The minimum atomic E-state index is -1.19. The number of nitrogens with one attached hydrogen (secondary N) is 3. The summed E-state index contributed by atoms with van der Waals surface area (Å²) in [5.41, 5.74) is 0.0973. The molecule has 140 valence electrons. The van der Waals surface area contributed by atoms with Crippen LogP contribution in [0.5, 0.6) is 11.5 Å². The first-order chi connectivity index (χ1) is 12.9. The van der Waals surface area contributed by atoms with Gasteiger partial charge in [0.25, 0.3) is 0 Å². The molecule has 3 atom stereocenters. The molecule has 0 aliphatic carbocycles. The molecule has 7 nitrogen and oxygen atoms in total. The SMILES string of the molecule is COc1ccc(NC(=O)[C@H]2[C@@H]3NC(=O)N[C@@]2(C)Oc2ccc(Cl)cc23)cc1. The van der Waals surface area contributed by atoms with Crippen LogP contribution in [0, 0.1) is 5.92 Å². The third-order valence-corrected chi connectivity index (χ3v) is 5.08. The van der Waals surface area contributed by atoms with Crippen LogP contribution in [-0.2, 0) is 4.79 Å². The van der Waals surface area contributed by atoms with Gasteiger partial charge in [-0.1, -0.05) is 11.6 Å². The highest BCUT2D eigenvalue weighted by Gasteiger charge is 2.55. The Morgan fingerprint density at radius 3 is 2.70 bits per heavy atom. The number of hydrogen-bond acceptors (Lipinski definition) is 4. The van der Waals surface area contributed by atoms with Gasteiger partial charge in [-0.25, -0.2) is 4.79 Å². The minimum absolute atomic E-state index is 0.286. The van der Waals surface area contributed by atoms with Crippen molar-refractivity contribution < 1.29 is 19.1 Å². The van der Waals surface area contributed by atoms with E-state index in [0.29, 0.717) is 27.8 Å². The molecular weight excluding hydrogens is 370 g/mol. The Bertz CT molecular complexity index is 918. The molecule has 3 amide bonds. The Hall–Kier alpha value is -2.93. The Kier molecular flexibility index (Phi) is 4.11. The monoisotopic (exact) mass is 387 g/mol. The second kappa shape index (κ2) is 6.35. The molecule has 27 heavy (non-hydrogen) atoms. The number of carbonyl (C=O) groups is 2. The van der Waals surface area contributed by atoms with Gasteiger partial charge in [0.15, 0.2) is 5.72 Å². The maximum Gasteiger partial charge on any atom is 0.318 e. The highest BCUT2D eigenvalue weighted by Crippen LogP contribution is 2.45. The minimum Gasteiger partial charge on any atom is -0.497 e. The number of anilines is 1. The summed E-state index contributed by atoms with van der Waals surface area (Å²) in [4.78, 5) is 25.2. The lowest BCUT2D eigenvalue weighted by atomic mass is 9.80.